The molecule has 0 aromatic carbocycles. The van der Waals surface area contributed by atoms with Crippen molar-refractivity contribution in [3.05, 3.63) is 0 Å². The largest absolute Gasteiger partial charge is 0.390 e. The van der Waals surface area contributed by atoms with Crippen molar-refractivity contribution in [1.29, 1.82) is 0 Å². The zero-order chi connectivity index (χ0) is 10.5. The van der Waals surface area contributed by atoms with Gasteiger partial charge in [-0.1, -0.05) is 19.8 Å². The molecule has 1 unspecified atom stereocenters. The Morgan fingerprint density at radius 3 is 2.00 bits per heavy atom. The summed E-state index contributed by atoms with van der Waals surface area (Å²) in [6.07, 6.45) is 3.86. The molecule has 1 nitrogen and oxygen atoms in total. The van der Waals surface area contributed by atoms with Crippen LogP contribution in [0, 0.1) is 0 Å². The van der Waals surface area contributed by atoms with Crippen LogP contribution in [0.3, 0.4) is 0 Å². The number of aliphatic hydroxyl groups is 1. The molecule has 0 aliphatic carbocycles. The Kier molecular flexibility index (Phi) is 4.90. The Morgan fingerprint density at radius 2 is 1.62 bits per heavy atom. The second-order valence-electron chi connectivity index (χ2n) is 4.82. The lowest BCUT2D eigenvalue weighted by Gasteiger charge is -2.25. The second-order valence-corrected chi connectivity index (χ2v) is 4.82. The van der Waals surface area contributed by atoms with E-state index in [9.17, 15) is 9.50 Å². The van der Waals surface area contributed by atoms with Crippen LogP contribution in [0.4, 0.5) is 4.39 Å². The fourth-order valence-corrected chi connectivity index (χ4v) is 1.25. The summed E-state index contributed by atoms with van der Waals surface area (Å²) in [6.45, 7) is 7.01. The quantitative estimate of drug-likeness (QED) is 0.680. The van der Waals surface area contributed by atoms with E-state index < -0.39 is 11.3 Å². The van der Waals surface area contributed by atoms with E-state index in [1.54, 1.807) is 20.8 Å². The summed E-state index contributed by atoms with van der Waals surface area (Å²) in [7, 11) is 0. The van der Waals surface area contributed by atoms with Gasteiger partial charge >= 0.3 is 0 Å². The predicted molar refractivity (Wildman–Crippen MR) is 54.6 cm³/mol. The number of alkyl halides is 1. The van der Waals surface area contributed by atoms with E-state index in [2.05, 4.69) is 6.92 Å². The molecule has 0 aromatic rings. The molecule has 2 heteroatoms. The first-order valence-electron chi connectivity index (χ1n) is 5.18. The number of halogens is 1. The molecule has 0 aliphatic rings. The highest BCUT2D eigenvalue weighted by atomic mass is 19.1. The Balaban J connectivity index is 3.75. The normalized spacial score (nSPS) is 17.1. The molecular formula is C11H23FO. The van der Waals surface area contributed by atoms with Crippen LogP contribution in [0.15, 0.2) is 0 Å². The van der Waals surface area contributed by atoms with Gasteiger partial charge in [-0.05, 0) is 40.0 Å². The van der Waals surface area contributed by atoms with Gasteiger partial charge in [0.25, 0.3) is 0 Å². The van der Waals surface area contributed by atoms with Crippen LogP contribution < -0.4 is 0 Å². The third-order valence-corrected chi connectivity index (χ3v) is 2.33. The summed E-state index contributed by atoms with van der Waals surface area (Å²) in [5.41, 5.74) is -1.84. The molecule has 0 radical (unpaired) electrons. The predicted octanol–water partition coefficient (Wildman–Crippen LogP) is 3.46. The molecule has 1 atom stereocenters. The molecule has 80 valence electrons. The van der Waals surface area contributed by atoms with Gasteiger partial charge in [-0.15, -0.1) is 0 Å². The average Bonchev–Trinajstić information content (AvgIpc) is 1.97. The maximum atomic E-state index is 13.1. The minimum atomic E-state index is -1.16. The van der Waals surface area contributed by atoms with Crippen LogP contribution in [0.2, 0.25) is 0 Å². The number of hydrogen-bond donors (Lipinski definition) is 1. The van der Waals surface area contributed by atoms with Gasteiger partial charge in [-0.25, -0.2) is 4.39 Å². The standard InChI is InChI=1S/C11H23FO/c1-5-6-7-11(4,13)9-8-10(2,3)12/h13H,5-9H2,1-4H3. The van der Waals surface area contributed by atoms with Crippen molar-refractivity contribution in [3.8, 4) is 0 Å². The van der Waals surface area contributed by atoms with Crippen LogP contribution in [0.25, 0.3) is 0 Å². The van der Waals surface area contributed by atoms with E-state index in [4.69, 9.17) is 0 Å². The van der Waals surface area contributed by atoms with Crippen LogP contribution in [-0.2, 0) is 0 Å². The van der Waals surface area contributed by atoms with Gasteiger partial charge in [0.1, 0.15) is 5.67 Å². The first-order chi connectivity index (χ1) is 5.77. The van der Waals surface area contributed by atoms with Gasteiger partial charge in [0, 0.05) is 0 Å². The first kappa shape index (κ1) is 12.9. The highest BCUT2D eigenvalue weighted by Crippen LogP contribution is 2.25. The van der Waals surface area contributed by atoms with E-state index in [1.165, 1.54) is 0 Å². The van der Waals surface area contributed by atoms with E-state index in [-0.39, 0.29) is 0 Å². The summed E-state index contributed by atoms with van der Waals surface area (Å²) in [5.74, 6) is 0. The summed E-state index contributed by atoms with van der Waals surface area (Å²) in [4.78, 5) is 0. The van der Waals surface area contributed by atoms with Crippen LogP contribution >= 0.6 is 0 Å². The molecule has 0 rings (SSSR count). The molecule has 0 spiro atoms. The third-order valence-electron chi connectivity index (χ3n) is 2.33. The molecular weight excluding hydrogens is 167 g/mol. The second kappa shape index (κ2) is 4.94. The molecule has 0 aromatic heterocycles. The molecule has 0 amide bonds. The zero-order valence-corrected chi connectivity index (χ0v) is 9.36. The highest BCUT2D eigenvalue weighted by Gasteiger charge is 2.24. The van der Waals surface area contributed by atoms with E-state index >= 15 is 0 Å². The number of rotatable bonds is 6. The molecule has 0 saturated carbocycles. The van der Waals surface area contributed by atoms with Crippen molar-refractivity contribution in [2.75, 3.05) is 0 Å². The van der Waals surface area contributed by atoms with E-state index in [0.717, 1.165) is 19.3 Å². The fraction of sp³-hybridized carbons (Fsp3) is 1.00. The first-order valence-corrected chi connectivity index (χ1v) is 5.18. The summed E-state index contributed by atoms with van der Waals surface area (Å²) in [6, 6.07) is 0. The molecule has 0 aliphatic heterocycles. The Hall–Kier alpha value is -0.110. The lowest BCUT2D eigenvalue weighted by Crippen LogP contribution is -2.27. The van der Waals surface area contributed by atoms with Crippen molar-refractivity contribution >= 4 is 0 Å². The molecule has 13 heavy (non-hydrogen) atoms. The molecule has 0 bridgehead atoms. The highest BCUT2D eigenvalue weighted by molar-refractivity contribution is 4.77. The SMILES string of the molecule is CCCCC(C)(O)CCC(C)(C)F. The van der Waals surface area contributed by atoms with Crippen LogP contribution in [0.5, 0.6) is 0 Å². The van der Waals surface area contributed by atoms with E-state index in [1.807, 2.05) is 0 Å². The Morgan fingerprint density at radius 1 is 1.08 bits per heavy atom. The monoisotopic (exact) mass is 190 g/mol. The lowest BCUT2D eigenvalue weighted by atomic mass is 9.90. The molecule has 1 N–H and O–H groups in total. The van der Waals surface area contributed by atoms with Crippen molar-refractivity contribution in [3.63, 3.8) is 0 Å². The summed E-state index contributed by atoms with van der Waals surface area (Å²) in [5, 5.41) is 9.84. The van der Waals surface area contributed by atoms with Gasteiger partial charge < -0.3 is 5.11 Å². The smallest absolute Gasteiger partial charge is 0.105 e. The summed E-state index contributed by atoms with van der Waals surface area (Å²) >= 11 is 0. The van der Waals surface area contributed by atoms with Crippen LogP contribution in [0.1, 0.15) is 59.8 Å². The number of unbranched alkanes of at least 4 members (excludes halogenated alkanes) is 1. The Bertz CT molecular complexity index is 136. The van der Waals surface area contributed by atoms with Gasteiger partial charge in [0.05, 0.1) is 5.60 Å². The van der Waals surface area contributed by atoms with Crippen molar-refractivity contribution in [1.82, 2.24) is 0 Å². The Labute approximate surface area is 81.3 Å². The van der Waals surface area contributed by atoms with Gasteiger partial charge in [-0.2, -0.15) is 0 Å². The maximum Gasteiger partial charge on any atom is 0.105 e. The van der Waals surface area contributed by atoms with Crippen molar-refractivity contribution < 1.29 is 9.50 Å². The molecule has 0 fully saturated rings. The average molecular weight is 190 g/mol. The molecule has 0 heterocycles. The minimum absolute atomic E-state index is 0.434. The zero-order valence-electron chi connectivity index (χ0n) is 9.36. The van der Waals surface area contributed by atoms with Gasteiger partial charge in [0.15, 0.2) is 0 Å². The molecule has 0 saturated heterocycles. The minimum Gasteiger partial charge on any atom is -0.390 e. The van der Waals surface area contributed by atoms with Crippen molar-refractivity contribution in [2.24, 2.45) is 0 Å². The van der Waals surface area contributed by atoms with Gasteiger partial charge in [-0.3, -0.25) is 0 Å². The van der Waals surface area contributed by atoms with Gasteiger partial charge in [0.2, 0.25) is 0 Å². The maximum absolute atomic E-state index is 13.1. The fourth-order valence-electron chi connectivity index (χ4n) is 1.25. The van der Waals surface area contributed by atoms with Crippen molar-refractivity contribution in [2.45, 2.75) is 71.1 Å². The van der Waals surface area contributed by atoms with E-state index in [0.29, 0.717) is 12.8 Å². The third kappa shape index (κ3) is 8.23. The number of hydrogen-bond acceptors (Lipinski definition) is 1. The lowest BCUT2D eigenvalue weighted by molar-refractivity contribution is 0.0224. The topological polar surface area (TPSA) is 20.2 Å². The summed E-state index contributed by atoms with van der Waals surface area (Å²) < 4.78 is 13.1. The van der Waals surface area contributed by atoms with Crippen LogP contribution in [-0.4, -0.2) is 16.4 Å².